The molecule has 1 unspecified atom stereocenters. The molecule has 7 nitrogen and oxygen atoms in total. The predicted molar refractivity (Wildman–Crippen MR) is 90.9 cm³/mol. The lowest BCUT2D eigenvalue weighted by Gasteiger charge is -2.30. The number of nitrogens with zero attached hydrogens (tertiary/aromatic N) is 3. The van der Waals surface area contributed by atoms with Crippen LogP contribution in [0.1, 0.15) is 47.5 Å². The zero-order chi connectivity index (χ0) is 18.2. The van der Waals surface area contributed by atoms with Gasteiger partial charge in [-0.1, -0.05) is 18.0 Å². The minimum absolute atomic E-state index is 0.0861. The fourth-order valence-electron chi connectivity index (χ4n) is 4.38. The Balaban J connectivity index is 1.86. The highest BCUT2D eigenvalue weighted by atomic mass is 16.5. The Kier molecular flexibility index (Phi) is 4.86. The monoisotopic (exact) mass is 349 g/mol. The van der Waals surface area contributed by atoms with Crippen LogP contribution in [-0.4, -0.2) is 61.1 Å². The summed E-state index contributed by atoms with van der Waals surface area (Å²) in [4.78, 5) is 29.2. The highest BCUT2D eigenvalue weighted by Gasteiger charge is 2.53. The Hall–Kier alpha value is -1.89. The van der Waals surface area contributed by atoms with Crippen LogP contribution in [0, 0.1) is 18.3 Å². The Morgan fingerprint density at radius 2 is 2.04 bits per heavy atom. The van der Waals surface area contributed by atoms with E-state index in [1.165, 1.54) is 0 Å². The van der Waals surface area contributed by atoms with E-state index in [1.54, 1.807) is 37.9 Å². The molecule has 1 aromatic heterocycles. The van der Waals surface area contributed by atoms with E-state index in [2.05, 4.69) is 5.16 Å². The van der Waals surface area contributed by atoms with E-state index in [1.807, 2.05) is 0 Å². The summed E-state index contributed by atoms with van der Waals surface area (Å²) in [5.74, 6) is 0.420. The molecule has 2 amide bonds. The molecule has 2 heterocycles. The molecule has 0 aromatic carbocycles. The highest BCUT2D eigenvalue weighted by molar-refractivity contribution is 5.95. The van der Waals surface area contributed by atoms with Crippen LogP contribution in [0.5, 0.6) is 0 Å². The van der Waals surface area contributed by atoms with Gasteiger partial charge in [0, 0.05) is 39.7 Å². The molecule has 2 fully saturated rings. The summed E-state index contributed by atoms with van der Waals surface area (Å²) in [6.07, 6.45) is 4.25. The molecule has 2 aliphatic rings. The minimum atomic E-state index is -0.163. The summed E-state index contributed by atoms with van der Waals surface area (Å²) in [5.41, 5.74) is 0.915. The highest BCUT2D eigenvalue weighted by Crippen LogP contribution is 2.49. The van der Waals surface area contributed by atoms with E-state index >= 15 is 0 Å². The molecule has 1 saturated carbocycles. The topological polar surface area (TPSA) is 75.9 Å². The van der Waals surface area contributed by atoms with Crippen LogP contribution in [0.3, 0.4) is 0 Å². The van der Waals surface area contributed by atoms with Gasteiger partial charge in [-0.25, -0.2) is 0 Å². The summed E-state index contributed by atoms with van der Waals surface area (Å²) >= 11 is 0. The maximum atomic E-state index is 13.1. The van der Waals surface area contributed by atoms with Gasteiger partial charge in [-0.05, 0) is 19.8 Å². The van der Waals surface area contributed by atoms with Crippen LogP contribution in [0.4, 0.5) is 0 Å². The molecule has 25 heavy (non-hydrogen) atoms. The average molecular weight is 349 g/mol. The predicted octanol–water partition coefficient (Wildman–Crippen LogP) is 1.85. The van der Waals surface area contributed by atoms with Crippen LogP contribution < -0.4 is 0 Å². The number of hydrogen-bond donors (Lipinski definition) is 0. The Bertz CT molecular complexity index is 661. The van der Waals surface area contributed by atoms with E-state index < -0.39 is 0 Å². The first-order valence-corrected chi connectivity index (χ1v) is 8.84. The second-order valence-corrected chi connectivity index (χ2v) is 7.54. The van der Waals surface area contributed by atoms with E-state index in [4.69, 9.17) is 9.26 Å². The second-order valence-electron chi connectivity index (χ2n) is 7.54. The van der Waals surface area contributed by atoms with Gasteiger partial charge >= 0.3 is 0 Å². The zero-order valence-electron chi connectivity index (χ0n) is 15.5. The van der Waals surface area contributed by atoms with Crippen molar-refractivity contribution in [1.29, 1.82) is 0 Å². The summed E-state index contributed by atoms with van der Waals surface area (Å²) < 4.78 is 10.4. The van der Waals surface area contributed by atoms with Crippen LogP contribution in [0.25, 0.3) is 0 Å². The molecule has 1 saturated heterocycles. The number of amides is 2. The van der Waals surface area contributed by atoms with Gasteiger partial charge in [-0.15, -0.1) is 0 Å². The van der Waals surface area contributed by atoms with Crippen molar-refractivity contribution in [3.8, 4) is 0 Å². The first-order chi connectivity index (χ1) is 11.9. The number of aryl methyl sites for hydroxylation is 1. The van der Waals surface area contributed by atoms with Gasteiger partial charge < -0.3 is 19.1 Å². The summed E-state index contributed by atoms with van der Waals surface area (Å²) in [6, 6.07) is 0. The molecular weight excluding hydrogens is 322 g/mol. The third kappa shape index (κ3) is 3.05. The first-order valence-electron chi connectivity index (χ1n) is 8.84. The molecule has 1 aliphatic carbocycles. The zero-order valence-corrected chi connectivity index (χ0v) is 15.5. The lowest BCUT2D eigenvalue weighted by Crippen LogP contribution is -2.39. The molecule has 0 radical (unpaired) electrons. The molecule has 1 aliphatic heterocycles. The number of aromatic nitrogens is 1. The largest absolute Gasteiger partial charge is 0.380 e. The first kappa shape index (κ1) is 17.9. The van der Waals surface area contributed by atoms with E-state index in [0.717, 1.165) is 25.7 Å². The molecule has 1 spiro atoms. The van der Waals surface area contributed by atoms with Gasteiger partial charge in [0.2, 0.25) is 5.91 Å². The number of rotatable bonds is 4. The van der Waals surface area contributed by atoms with Crippen molar-refractivity contribution in [2.24, 2.45) is 11.3 Å². The molecule has 0 N–H and O–H groups in total. The molecule has 1 atom stereocenters. The van der Waals surface area contributed by atoms with Crippen molar-refractivity contribution in [3.05, 3.63) is 17.0 Å². The maximum absolute atomic E-state index is 13.1. The smallest absolute Gasteiger partial charge is 0.276 e. The molecule has 138 valence electrons. The van der Waals surface area contributed by atoms with Crippen LogP contribution in [0.15, 0.2) is 4.52 Å². The number of carbonyl (C=O) groups is 2. The molecular formula is C18H27N3O4. The van der Waals surface area contributed by atoms with Gasteiger partial charge in [0.25, 0.3) is 5.91 Å². The van der Waals surface area contributed by atoms with E-state index in [9.17, 15) is 9.59 Å². The third-order valence-electron chi connectivity index (χ3n) is 5.75. The van der Waals surface area contributed by atoms with Crippen LogP contribution in [0.2, 0.25) is 0 Å². The van der Waals surface area contributed by atoms with Crippen molar-refractivity contribution in [2.45, 2.75) is 39.2 Å². The van der Waals surface area contributed by atoms with Gasteiger partial charge in [0.05, 0.1) is 18.1 Å². The molecule has 7 heteroatoms. The van der Waals surface area contributed by atoms with Crippen molar-refractivity contribution < 1.29 is 18.8 Å². The van der Waals surface area contributed by atoms with Crippen molar-refractivity contribution in [3.63, 3.8) is 0 Å². The minimum Gasteiger partial charge on any atom is -0.380 e. The lowest BCUT2D eigenvalue weighted by atomic mass is 9.76. The molecule has 3 rings (SSSR count). The second kappa shape index (κ2) is 6.78. The Labute approximate surface area is 148 Å². The number of hydrogen-bond acceptors (Lipinski definition) is 5. The van der Waals surface area contributed by atoms with E-state index in [-0.39, 0.29) is 29.8 Å². The molecule has 0 bridgehead atoms. The quantitative estimate of drug-likeness (QED) is 0.829. The van der Waals surface area contributed by atoms with Crippen LogP contribution in [-0.2, 0) is 16.1 Å². The fraction of sp³-hybridized carbons (Fsp3) is 0.722. The number of ether oxygens (including phenoxy) is 1. The van der Waals surface area contributed by atoms with E-state index in [0.29, 0.717) is 30.1 Å². The fourth-order valence-corrected chi connectivity index (χ4v) is 4.38. The summed E-state index contributed by atoms with van der Waals surface area (Å²) in [5, 5.41) is 3.96. The molecule has 1 aromatic rings. The maximum Gasteiger partial charge on any atom is 0.276 e. The van der Waals surface area contributed by atoms with Crippen molar-refractivity contribution >= 4 is 11.8 Å². The number of methoxy groups -OCH3 is 1. The van der Waals surface area contributed by atoms with Gasteiger partial charge in [-0.2, -0.15) is 0 Å². The van der Waals surface area contributed by atoms with Crippen molar-refractivity contribution in [2.75, 3.05) is 34.3 Å². The van der Waals surface area contributed by atoms with Gasteiger partial charge in [-0.3, -0.25) is 9.59 Å². The SMILES string of the molecule is COCc1c(C(=O)N2CC(C(=O)N(C)C)C3(CCCC3)C2)noc1C. The number of carbonyl (C=O) groups excluding carboxylic acids is 2. The van der Waals surface area contributed by atoms with Crippen LogP contribution >= 0.6 is 0 Å². The Morgan fingerprint density at radius 3 is 2.64 bits per heavy atom. The normalized spacial score (nSPS) is 21.9. The number of likely N-dealkylation sites (tertiary alicyclic amines) is 1. The summed E-state index contributed by atoms with van der Waals surface area (Å²) in [6.45, 7) is 3.14. The van der Waals surface area contributed by atoms with Crippen molar-refractivity contribution in [1.82, 2.24) is 15.0 Å². The Morgan fingerprint density at radius 1 is 1.36 bits per heavy atom. The van der Waals surface area contributed by atoms with Gasteiger partial charge in [0.1, 0.15) is 5.76 Å². The standard InChI is InChI=1S/C18H27N3O4/c1-12-13(10-24-4)15(19-25-12)17(23)21-9-14(16(22)20(2)3)18(11-21)7-5-6-8-18/h14H,5-11H2,1-4H3. The lowest BCUT2D eigenvalue weighted by molar-refractivity contribution is -0.135. The van der Waals surface area contributed by atoms with Gasteiger partial charge in [0.15, 0.2) is 5.69 Å². The average Bonchev–Trinajstić information content (AvgIpc) is 3.28. The third-order valence-corrected chi connectivity index (χ3v) is 5.75. The summed E-state index contributed by atoms with van der Waals surface area (Å²) in [7, 11) is 5.15.